The Kier molecular flexibility index (Phi) is 5.85. The number of rotatable bonds is 6. The molecule has 0 aromatic heterocycles. The predicted octanol–water partition coefficient (Wildman–Crippen LogP) is 3.00. The number of carbonyl (C=O) groups excluding carboxylic acids is 1. The number of non-ortho nitro benzene ring substituents is 1. The van der Waals surface area contributed by atoms with Gasteiger partial charge in [-0.25, -0.2) is 8.42 Å². The maximum atomic E-state index is 12.7. The van der Waals surface area contributed by atoms with Crippen LogP contribution in [0.1, 0.15) is 18.1 Å². The number of benzene rings is 2. The molecule has 0 saturated heterocycles. The highest BCUT2D eigenvalue weighted by Crippen LogP contribution is 2.26. The molecular weight excluding hydrogens is 370 g/mol. The van der Waals surface area contributed by atoms with E-state index in [0.29, 0.717) is 5.69 Å². The number of amides is 1. The molecule has 0 spiro atoms. The standard InChI is InChI=1S/C18H21N3O5S/c1-12-8-9-13(2)17(10-12)19-18(22)14(3)20(27(4,25)26)15-6-5-7-16(11-15)21(23)24/h5-11,14H,1-4H3,(H,19,22)/t14-/m0/s1. The van der Waals surface area contributed by atoms with Gasteiger partial charge in [0.25, 0.3) is 5.69 Å². The van der Waals surface area contributed by atoms with Crippen LogP contribution in [-0.2, 0) is 14.8 Å². The van der Waals surface area contributed by atoms with E-state index in [4.69, 9.17) is 0 Å². The van der Waals surface area contributed by atoms with Crippen LogP contribution in [0.25, 0.3) is 0 Å². The second-order valence-electron chi connectivity index (χ2n) is 6.32. The third-order valence-corrected chi connectivity index (χ3v) is 5.28. The van der Waals surface area contributed by atoms with Crippen LogP contribution in [0.15, 0.2) is 42.5 Å². The molecule has 0 fully saturated rings. The van der Waals surface area contributed by atoms with Crippen molar-refractivity contribution in [3.05, 3.63) is 63.7 Å². The summed E-state index contributed by atoms with van der Waals surface area (Å²) in [7, 11) is -3.87. The van der Waals surface area contributed by atoms with E-state index in [9.17, 15) is 23.3 Å². The van der Waals surface area contributed by atoms with Crippen molar-refractivity contribution in [3.63, 3.8) is 0 Å². The average Bonchev–Trinajstić information content (AvgIpc) is 2.57. The monoisotopic (exact) mass is 391 g/mol. The summed E-state index contributed by atoms with van der Waals surface area (Å²) in [6, 6.07) is 9.61. The molecule has 0 bridgehead atoms. The first-order valence-corrected chi connectivity index (χ1v) is 9.97. The molecule has 0 heterocycles. The third kappa shape index (κ3) is 4.82. The van der Waals surface area contributed by atoms with Gasteiger partial charge in [0, 0.05) is 17.8 Å². The minimum atomic E-state index is -3.87. The largest absolute Gasteiger partial charge is 0.324 e. The van der Waals surface area contributed by atoms with Crippen molar-refractivity contribution in [2.24, 2.45) is 0 Å². The predicted molar refractivity (Wildman–Crippen MR) is 104 cm³/mol. The van der Waals surface area contributed by atoms with Crippen LogP contribution in [-0.4, -0.2) is 31.5 Å². The molecule has 0 saturated carbocycles. The molecular formula is C18H21N3O5S. The summed E-state index contributed by atoms with van der Waals surface area (Å²) < 4.78 is 25.5. The number of nitrogens with zero attached hydrogens (tertiary/aromatic N) is 2. The smallest absolute Gasteiger partial charge is 0.271 e. The zero-order chi connectivity index (χ0) is 20.4. The first kappa shape index (κ1) is 20.4. The lowest BCUT2D eigenvalue weighted by atomic mass is 10.1. The van der Waals surface area contributed by atoms with Crippen molar-refractivity contribution in [2.75, 3.05) is 15.9 Å². The fourth-order valence-electron chi connectivity index (χ4n) is 2.66. The van der Waals surface area contributed by atoms with Crippen LogP contribution in [0.4, 0.5) is 17.1 Å². The van der Waals surface area contributed by atoms with Gasteiger partial charge in [-0.05, 0) is 44.0 Å². The number of nitrogens with one attached hydrogen (secondary N) is 1. The zero-order valence-corrected chi connectivity index (χ0v) is 16.3. The summed E-state index contributed by atoms with van der Waals surface area (Å²) in [5, 5.41) is 13.7. The van der Waals surface area contributed by atoms with Crippen molar-refractivity contribution in [2.45, 2.75) is 26.8 Å². The quantitative estimate of drug-likeness (QED) is 0.601. The van der Waals surface area contributed by atoms with Crippen molar-refractivity contribution in [1.29, 1.82) is 0 Å². The summed E-state index contributed by atoms with van der Waals surface area (Å²) in [6.45, 7) is 5.14. The maximum Gasteiger partial charge on any atom is 0.271 e. The van der Waals surface area contributed by atoms with Crippen molar-refractivity contribution in [3.8, 4) is 0 Å². The lowest BCUT2D eigenvalue weighted by Crippen LogP contribution is -2.45. The summed E-state index contributed by atoms with van der Waals surface area (Å²) in [5.74, 6) is -0.541. The third-order valence-electron chi connectivity index (χ3n) is 4.03. The Morgan fingerprint density at radius 3 is 2.44 bits per heavy atom. The number of aryl methyl sites for hydroxylation is 2. The molecule has 0 aliphatic rings. The molecule has 8 nitrogen and oxygen atoms in total. The molecule has 0 aliphatic heterocycles. The van der Waals surface area contributed by atoms with Gasteiger partial charge < -0.3 is 5.32 Å². The highest BCUT2D eigenvalue weighted by atomic mass is 32.2. The van der Waals surface area contributed by atoms with Gasteiger partial charge in [-0.1, -0.05) is 18.2 Å². The molecule has 144 valence electrons. The molecule has 2 aromatic carbocycles. The van der Waals surface area contributed by atoms with Gasteiger partial charge in [0.1, 0.15) is 6.04 Å². The van der Waals surface area contributed by atoms with Crippen molar-refractivity contribution >= 4 is 33.0 Å². The molecule has 9 heteroatoms. The fourth-order valence-corrected chi connectivity index (χ4v) is 3.83. The van der Waals surface area contributed by atoms with E-state index in [0.717, 1.165) is 27.8 Å². The number of anilines is 2. The van der Waals surface area contributed by atoms with E-state index in [1.807, 2.05) is 26.0 Å². The molecule has 0 radical (unpaired) electrons. The van der Waals surface area contributed by atoms with E-state index >= 15 is 0 Å². The van der Waals surface area contributed by atoms with Crippen molar-refractivity contribution < 1.29 is 18.1 Å². The first-order chi connectivity index (χ1) is 12.5. The maximum absolute atomic E-state index is 12.7. The average molecular weight is 391 g/mol. The van der Waals surface area contributed by atoms with Gasteiger partial charge in [0.2, 0.25) is 15.9 Å². The van der Waals surface area contributed by atoms with E-state index in [1.54, 1.807) is 6.07 Å². The van der Waals surface area contributed by atoms with Crippen LogP contribution >= 0.6 is 0 Å². The summed E-state index contributed by atoms with van der Waals surface area (Å²) >= 11 is 0. The number of sulfonamides is 1. The molecule has 2 rings (SSSR count). The molecule has 0 unspecified atom stereocenters. The fraction of sp³-hybridized carbons (Fsp3) is 0.278. The highest BCUT2D eigenvalue weighted by Gasteiger charge is 2.30. The Labute approximate surface area is 158 Å². The second-order valence-corrected chi connectivity index (χ2v) is 8.18. The molecule has 1 amide bonds. The van der Waals surface area contributed by atoms with Crippen LogP contribution in [0.5, 0.6) is 0 Å². The Bertz CT molecular complexity index is 988. The summed E-state index contributed by atoms with van der Waals surface area (Å²) in [5.41, 5.74) is 2.16. The number of nitro benzene ring substituents is 1. The number of hydrogen-bond acceptors (Lipinski definition) is 5. The zero-order valence-electron chi connectivity index (χ0n) is 15.5. The molecule has 1 atom stereocenters. The van der Waals surface area contributed by atoms with Crippen LogP contribution in [0.3, 0.4) is 0 Å². The summed E-state index contributed by atoms with van der Waals surface area (Å²) in [6.07, 6.45) is 0.952. The Balaban J connectivity index is 2.39. The van der Waals surface area contributed by atoms with Gasteiger partial charge in [-0.2, -0.15) is 0 Å². The minimum Gasteiger partial charge on any atom is -0.324 e. The van der Waals surface area contributed by atoms with E-state index in [1.165, 1.54) is 25.1 Å². The van der Waals surface area contributed by atoms with Gasteiger partial charge in [-0.15, -0.1) is 0 Å². The topological polar surface area (TPSA) is 110 Å². The van der Waals surface area contributed by atoms with Gasteiger partial charge >= 0.3 is 0 Å². The second kappa shape index (κ2) is 7.75. The number of hydrogen-bond donors (Lipinski definition) is 1. The van der Waals surface area contributed by atoms with Crippen LogP contribution in [0.2, 0.25) is 0 Å². The van der Waals surface area contributed by atoms with Crippen molar-refractivity contribution in [1.82, 2.24) is 0 Å². The first-order valence-electron chi connectivity index (χ1n) is 8.12. The highest BCUT2D eigenvalue weighted by molar-refractivity contribution is 7.92. The van der Waals surface area contributed by atoms with E-state index in [2.05, 4.69) is 5.32 Å². The molecule has 1 N–H and O–H groups in total. The van der Waals surface area contributed by atoms with Gasteiger partial charge in [0.05, 0.1) is 16.9 Å². The lowest BCUT2D eigenvalue weighted by molar-refractivity contribution is -0.384. The van der Waals surface area contributed by atoms with Crippen LogP contribution < -0.4 is 9.62 Å². The van der Waals surface area contributed by atoms with Gasteiger partial charge in [0.15, 0.2) is 0 Å². The Morgan fingerprint density at radius 1 is 1.19 bits per heavy atom. The Hall–Kier alpha value is -2.94. The SMILES string of the molecule is Cc1ccc(C)c(NC(=O)[C@H](C)N(c2cccc([N+](=O)[O-])c2)S(C)(=O)=O)c1. The number of carbonyl (C=O) groups is 1. The molecule has 0 aliphatic carbocycles. The van der Waals surface area contributed by atoms with Gasteiger partial charge in [-0.3, -0.25) is 19.2 Å². The van der Waals surface area contributed by atoms with E-state index in [-0.39, 0.29) is 11.4 Å². The summed E-state index contributed by atoms with van der Waals surface area (Å²) in [4.78, 5) is 23.1. The van der Waals surface area contributed by atoms with E-state index < -0.39 is 26.9 Å². The number of nitro groups is 1. The normalized spacial score (nSPS) is 12.3. The molecule has 2 aromatic rings. The van der Waals surface area contributed by atoms with Crippen LogP contribution in [0, 0.1) is 24.0 Å². The lowest BCUT2D eigenvalue weighted by Gasteiger charge is -2.28. The minimum absolute atomic E-state index is 0.0512. The Morgan fingerprint density at radius 2 is 1.85 bits per heavy atom. The molecule has 27 heavy (non-hydrogen) atoms.